The Balaban J connectivity index is 1.75. The van der Waals surface area contributed by atoms with E-state index in [1.807, 2.05) is 25.1 Å². The van der Waals surface area contributed by atoms with Gasteiger partial charge in [-0.2, -0.15) is 5.10 Å². The monoisotopic (exact) mass is 390 g/mol. The summed E-state index contributed by atoms with van der Waals surface area (Å²) in [4.78, 5) is 12.2. The van der Waals surface area contributed by atoms with Crippen LogP contribution in [0.25, 0.3) is 0 Å². The van der Waals surface area contributed by atoms with Crippen molar-refractivity contribution in [3.05, 3.63) is 76.1 Å². The first-order valence-electron chi connectivity index (χ1n) is 8.15. The number of benzene rings is 2. The normalized spacial score (nSPS) is 10.7. The maximum Gasteiger partial charge on any atom is 0.323 e. The third-order valence-corrected chi connectivity index (χ3v) is 4.26. The molecular weight excluding hydrogens is 374 g/mol. The summed E-state index contributed by atoms with van der Waals surface area (Å²) in [7, 11) is 0. The van der Waals surface area contributed by atoms with Gasteiger partial charge in [-0.3, -0.25) is 4.68 Å². The number of aromatic nitrogens is 2. The van der Waals surface area contributed by atoms with Gasteiger partial charge in [-0.05, 0) is 43.7 Å². The van der Waals surface area contributed by atoms with Crippen LogP contribution in [0.15, 0.2) is 42.5 Å². The van der Waals surface area contributed by atoms with E-state index in [0.29, 0.717) is 29.0 Å². The molecule has 3 rings (SSSR count). The molecule has 0 aliphatic rings. The quantitative estimate of drug-likeness (QED) is 0.649. The molecule has 2 N–H and O–H groups in total. The van der Waals surface area contributed by atoms with Crippen LogP contribution in [0, 0.1) is 25.5 Å². The summed E-state index contributed by atoms with van der Waals surface area (Å²) in [6.45, 7) is 4.07. The molecule has 140 valence electrons. The Hall–Kier alpha value is -2.93. The molecule has 5 nitrogen and oxygen atoms in total. The second-order valence-electron chi connectivity index (χ2n) is 6.04. The number of aryl methyl sites for hydroxylation is 1. The zero-order valence-corrected chi connectivity index (χ0v) is 15.4. The van der Waals surface area contributed by atoms with Crippen LogP contribution in [0.2, 0.25) is 5.02 Å². The van der Waals surface area contributed by atoms with Crippen molar-refractivity contribution in [1.82, 2.24) is 9.78 Å². The van der Waals surface area contributed by atoms with E-state index in [1.165, 1.54) is 0 Å². The van der Waals surface area contributed by atoms with Crippen LogP contribution in [0.3, 0.4) is 0 Å². The Morgan fingerprint density at radius 2 is 1.93 bits per heavy atom. The van der Waals surface area contributed by atoms with Gasteiger partial charge in [0, 0.05) is 11.1 Å². The molecule has 3 aromatic rings. The highest BCUT2D eigenvalue weighted by atomic mass is 35.5. The molecule has 0 unspecified atom stereocenters. The van der Waals surface area contributed by atoms with Crippen molar-refractivity contribution in [2.75, 3.05) is 10.6 Å². The summed E-state index contributed by atoms with van der Waals surface area (Å²) < 4.78 is 28.4. The van der Waals surface area contributed by atoms with Crippen molar-refractivity contribution in [2.24, 2.45) is 0 Å². The number of amides is 2. The zero-order valence-electron chi connectivity index (χ0n) is 14.7. The van der Waals surface area contributed by atoms with Gasteiger partial charge < -0.3 is 10.6 Å². The Bertz CT molecular complexity index is 1000. The first-order valence-corrected chi connectivity index (χ1v) is 8.53. The Morgan fingerprint density at radius 1 is 1.15 bits per heavy atom. The predicted octanol–water partition coefficient (Wildman–Crippen LogP) is 5.12. The predicted molar refractivity (Wildman–Crippen MR) is 101 cm³/mol. The summed E-state index contributed by atoms with van der Waals surface area (Å²) in [6.07, 6.45) is 0. The fourth-order valence-electron chi connectivity index (χ4n) is 2.70. The number of anilines is 2. The Morgan fingerprint density at radius 3 is 2.63 bits per heavy atom. The van der Waals surface area contributed by atoms with E-state index in [4.69, 9.17) is 11.6 Å². The van der Waals surface area contributed by atoms with Crippen molar-refractivity contribution in [3.8, 4) is 0 Å². The summed E-state index contributed by atoms with van der Waals surface area (Å²) in [5, 5.41) is 10.1. The molecule has 0 aliphatic heterocycles. The van der Waals surface area contributed by atoms with Crippen LogP contribution in [0.1, 0.15) is 17.0 Å². The molecule has 0 atom stereocenters. The molecule has 0 saturated heterocycles. The maximum absolute atomic E-state index is 13.7. The van der Waals surface area contributed by atoms with Gasteiger partial charge in [0.05, 0.1) is 29.3 Å². The second-order valence-corrected chi connectivity index (χ2v) is 6.47. The lowest BCUT2D eigenvalue weighted by atomic mass is 10.2. The fourth-order valence-corrected chi connectivity index (χ4v) is 2.91. The Labute approximate surface area is 160 Å². The van der Waals surface area contributed by atoms with E-state index in [1.54, 1.807) is 17.7 Å². The van der Waals surface area contributed by atoms with Gasteiger partial charge in [0.25, 0.3) is 0 Å². The molecule has 27 heavy (non-hydrogen) atoms. The number of nitrogens with zero attached hydrogens (tertiary/aromatic N) is 2. The van der Waals surface area contributed by atoms with Crippen molar-refractivity contribution >= 4 is 29.0 Å². The number of carbonyl (C=O) groups excluding carboxylic acids is 1. The summed E-state index contributed by atoms with van der Waals surface area (Å²) in [5.41, 5.74) is 2.73. The molecule has 0 saturated carbocycles. The van der Waals surface area contributed by atoms with Gasteiger partial charge in [0.15, 0.2) is 0 Å². The van der Waals surface area contributed by atoms with Crippen LogP contribution < -0.4 is 10.6 Å². The van der Waals surface area contributed by atoms with Gasteiger partial charge in [-0.15, -0.1) is 0 Å². The van der Waals surface area contributed by atoms with Crippen molar-refractivity contribution in [1.29, 1.82) is 0 Å². The van der Waals surface area contributed by atoms with Crippen LogP contribution in [-0.2, 0) is 6.54 Å². The van der Waals surface area contributed by atoms with Crippen LogP contribution in [0.5, 0.6) is 0 Å². The summed E-state index contributed by atoms with van der Waals surface area (Å²) in [6, 6.07) is 9.70. The van der Waals surface area contributed by atoms with E-state index < -0.39 is 17.7 Å². The molecule has 2 amide bonds. The molecule has 2 aromatic carbocycles. The molecule has 1 heterocycles. The fraction of sp³-hybridized carbons (Fsp3) is 0.158. The van der Waals surface area contributed by atoms with Crippen LogP contribution >= 0.6 is 11.6 Å². The van der Waals surface area contributed by atoms with E-state index >= 15 is 0 Å². The van der Waals surface area contributed by atoms with Crippen molar-refractivity contribution in [2.45, 2.75) is 20.4 Å². The molecule has 1 aromatic heterocycles. The van der Waals surface area contributed by atoms with Crippen molar-refractivity contribution < 1.29 is 13.6 Å². The van der Waals surface area contributed by atoms with Gasteiger partial charge in [0.1, 0.15) is 11.6 Å². The highest BCUT2D eigenvalue weighted by Gasteiger charge is 2.15. The minimum absolute atomic E-state index is 0.115. The number of halogens is 3. The lowest BCUT2D eigenvalue weighted by Crippen LogP contribution is -2.21. The molecule has 0 spiro atoms. The van der Waals surface area contributed by atoms with E-state index in [0.717, 1.165) is 23.4 Å². The van der Waals surface area contributed by atoms with Gasteiger partial charge in [0.2, 0.25) is 0 Å². The van der Waals surface area contributed by atoms with E-state index in [9.17, 15) is 13.6 Å². The number of nitrogens with one attached hydrogen (secondary N) is 2. The molecule has 8 heteroatoms. The molecule has 0 radical (unpaired) electrons. The number of hydrogen-bond donors (Lipinski definition) is 2. The largest absolute Gasteiger partial charge is 0.323 e. The van der Waals surface area contributed by atoms with Gasteiger partial charge in [-0.1, -0.05) is 23.7 Å². The smallest absolute Gasteiger partial charge is 0.305 e. The number of carbonyl (C=O) groups is 1. The minimum atomic E-state index is -0.852. The molecule has 0 fully saturated rings. The third kappa shape index (κ3) is 4.43. The molecule has 0 bridgehead atoms. The van der Waals surface area contributed by atoms with Crippen LogP contribution in [0.4, 0.5) is 25.0 Å². The lowest BCUT2D eigenvalue weighted by molar-refractivity contribution is 0.262. The SMILES string of the molecule is Cc1nn(Cc2cccc(Cl)c2)c(C)c1NC(=O)Nc1ccc(F)cc1F. The number of hydrogen-bond acceptors (Lipinski definition) is 2. The Kier molecular flexibility index (Phi) is 5.41. The van der Waals surface area contributed by atoms with Gasteiger partial charge >= 0.3 is 6.03 Å². The minimum Gasteiger partial charge on any atom is -0.305 e. The average molecular weight is 391 g/mol. The zero-order chi connectivity index (χ0) is 19.6. The highest BCUT2D eigenvalue weighted by Crippen LogP contribution is 2.22. The summed E-state index contributed by atoms with van der Waals surface area (Å²) in [5.74, 6) is -1.57. The molecular formula is C19H17ClF2N4O. The third-order valence-electron chi connectivity index (χ3n) is 4.02. The second kappa shape index (κ2) is 7.75. The summed E-state index contributed by atoms with van der Waals surface area (Å²) >= 11 is 6.01. The number of urea groups is 1. The average Bonchev–Trinajstić information content (AvgIpc) is 2.85. The lowest BCUT2D eigenvalue weighted by Gasteiger charge is -2.09. The molecule has 0 aliphatic carbocycles. The first-order chi connectivity index (χ1) is 12.8. The van der Waals surface area contributed by atoms with E-state index in [-0.39, 0.29) is 5.69 Å². The topological polar surface area (TPSA) is 59.0 Å². The van der Waals surface area contributed by atoms with Crippen LogP contribution in [-0.4, -0.2) is 15.8 Å². The first kappa shape index (κ1) is 18.8. The van der Waals surface area contributed by atoms with E-state index in [2.05, 4.69) is 15.7 Å². The number of rotatable bonds is 4. The van der Waals surface area contributed by atoms with Gasteiger partial charge in [-0.25, -0.2) is 13.6 Å². The standard InChI is InChI=1S/C19H17ClF2N4O/c1-11-18(24-19(27)23-17-7-6-15(21)9-16(17)22)12(2)26(25-11)10-13-4-3-5-14(20)8-13/h3-9H,10H2,1-2H3,(H2,23,24,27). The maximum atomic E-state index is 13.7. The van der Waals surface area contributed by atoms with Crippen molar-refractivity contribution in [3.63, 3.8) is 0 Å². The highest BCUT2D eigenvalue weighted by molar-refractivity contribution is 6.30.